The molecule has 2 aromatic rings. The standard InChI is InChI=1S/C23H30N2O5S/c1-13(2)18-8-7-9-19(14(3)4)22(18)25-21(26)12-30-23(27)17-10-15(5)16(6)20(11-17)31(24,28)29/h7-11,13-14H,12H2,1-6H3,(H,25,26)(H2,24,28,29). The number of benzene rings is 2. The van der Waals surface area contributed by atoms with Gasteiger partial charge < -0.3 is 10.1 Å². The van der Waals surface area contributed by atoms with Gasteiger partial charge in [0.1, 0.15) is 0 Å². The molecule has 7 nitrogen and oxygen atoms in total. The number of nitrogens with two attached hydrogens (primary N) is 1. The Labute approximate surface area is 184 Å². The highest BCUT2D eigenvalue weighted by molar-refractivity contribution is 7.89. The maximum Gasteiger partial charge on any atom is 0.338 e. The highest BCUT2D eigenvalue weighted by Crippen LogP contribution is 2.32. The minimum atomic E-state index is -4.00. The van der Waals surface area contributed by atoms with Crippen molar-refractivity contribution < 1.29 is 22.7 Å². The van der Waals surface area contributed by atoms with Crippen molar-refractivity contribution >= 4 is 27.6 Å². The molecule has 3 N–H and O–H groups in total. The number of para-hydroxylation sites is 1. The van der Waals surface area contributed by atoms with Crippen LogP contribution >= 0.6 is 0 Å². The number of anilines is 1. The van der Waals surface area contributed by atoms with Crippen LogP contribution in [0.15, 0.2) is 35.2 Å². The van der Waals surface area contributed by atoms with E-state index in [1.54, 1.807) is 13.8 Å². The van der Waals surface area contributed by atoms with Gasteiger partial charge in [-0.1, -0.05) is 45.9 Å². The first-order valence-corrected chi connectivity index (χ1v) is 11.6. The van der Waals surface area contributed by atoms with E-state index in [2.05, 4.69) is 5.32 Å². The first-order valence-electron chi connectivity index (χ1n) is 10.1. The zero-order valence-corrected chi connectivity index (χ0v) is 19.6. The largest absolute Gasteiger partial charge is 0.452 e. The van der Waals surface area contributed by atoms with Crippen molar-refractivity contribution in [3.8, 4) is 0 Å². The van der Waals surface area contributed by atoms with E-state index in [0.717, 1.165) is 16.8 Å². The molecule has 0 aromatic heterocycles. The number of carbonyl (C=O) groups excluding carboxylic acids is 2. The lowest BCUT2D eigenvalue weighted by atomic mass is 9.92. The fourth-order valence-electron chi connectivity index (χ4n) is 3.33. The molecule has 0 unspecified atom stereocenters. The Balaban J connectivity index is 2.20. The number of aryl methyl sites for hydroxylation is 1. The van der Waals surface area contributed by atoms with Crippen LogP contribution in [-0.4, -0.2) is 26.9 Å². The molecule has 0 saturated carbocycles. The number of hydrogen-bond acceptors (Lipinski definition) is 5. The summed E-state index contributed by atoms with van der Waals surface area (Å²) >= 11 is 0. The third-order valence-corrected chi connectivity index (χ3v) is 6.17. The van der Waals surface area contributed by atoms with E-state index < -0.39 is 28.5 Å². The van der Waals surface area contributed by atoms with E-state index >= 15 is 0 Å². The molecule has 0 fully saturated rings. The van der Waals surface area contributed by atoms with Gasteiger partial charge >= 0.3 is 5.97 Å². The molecule has 0 aliphatic carbocycles. The van der Waals surface area contributed by atoms with Crippen LogP contribution in [-0.2, 0) is 19.6 Å². The number of nitrogens with one attached hydrogen (secondary N) is 1. The summed E-state index contributed by atoms with van der Waals surface area (Å²) in [6.45, 7) is 10.9. The van der Waals surface area contributed by atoms with Gasteiger partial charge in [0.15, 0.2) is 6.61 Å². The number of rotatable bonds is 7. The number of carbonyl (C=O) groups is 2. The second-order valence-corrected chi connectivity index (χ2v) is 9.74. The second kappa shape index (κ2) is 9.62. The van der Waals surface area contributed by atoms with Crippen LogP contribution in [0.3, 0.4) is 0 Å². The predicted molar refractivity (Wildman–Crippen MR) is 121 cm³/mol. The monoisotopic (exact) mass is 446 g/mol. The Morgan fingerprint density at radius 3 is 2.06 bits per heavy atom. The van der Waals surface area contributed by atoms with Crippen molar-refractivity contribution in [3.63, 3.8) is 0 Å². The molecule has 0 aliphatic heterocycles. The molecular weight excluding hydrogens is 416 g/mol. The SMILES string of the molecule is Cc1cc(C(=O)OCC(=O)Nc2c(C(C)C)cccc2C(C)C)cc(S(N)(=O)=O)c1C. The normalized spacial score (nSPS) is 11.6. The molecule has 2 aromatic carbocycles. The molecule has 0 heterocycles. The van der Waals surface area contributed by atoms with Crippen LogP contribution in [0.2, 0.25) is 0 Å². The smallest absolute Gasteiger partial charge is 0.338 e. The van der Waals surface area contributed by atoms with E-state index in [9.17, 15) is 18.0 Å². The second-order valence-electron chi connectivity index (χ2n) is 8.21. The van der Waals surface area contributed by atoms with Gasteiger partial charge in [0.2, 0.25) is 10.0 Å². The lowest BCUT2D eigenvalue weighted by Crippen LogP contribution is -2.23. The summed E-state index contributed by atoms with van der Waals surface area (Å²) in [5, 5.41) is 8.11. The molecular formula is C23H30N2O5S. The highest BCUT2D eigenvalue weighted by Gasteiger charge is 2.20. The van der Waals surface area contributed by atoms with E-state index in [4.69, 9.17) is 9.88 Å². The van der Waals surface area contributed by atoms with Gasteiger partial charge in [-0.05, 0) is 60.1 Å². The maximum absolute atomic E-state index is 12.5. The summed E-state index contributed by atoms with van der Waals surface area (Å²) in [5.74, 6) is -0.879. The summed E-state index contributed by atoms with van der Waals surface area (Å²) in [4.78, 5) is 24.9. The molecule has 168 valence electrons. The van der Waals surface area contributed by atoms with Gasteiger partial charge in [-0.3, -0.25) is 4.79 Å². The Morgan fingerprint density at radius 1 is 1.03 bits per heavy atom. The number of hydrogen-bond donors (Lipinski definition) is 2. The molecule has 0 aliphatic rings. The Morgan fingerprint density at radius 2 is 1.58 bits per heavy atom. The van der Waals surface area contributed by atoms with Gasteiger partial charge in [-0.2, -0.15) is 0 Å². The maximum atomic E-state index is 12.5. The molecule has 0 bridgehead atoms. The van der Waals surface area contributed by atoms with Gasteiger partial charge in [0.05, 0.1) is 10.5 Å². The fourth-order valence-corrected chi connectivity index (χ4v) is 4.20. The third kappa shape index (κ3) is 5.92. The van der Waals surface area contributed by atoms with Crippen LogP contribution in [0.4, 0.5) is 5.69 Å². The molecule has 2 rings (SSSR count). The Hall–Kier alpha value is -2.71. The van der Waals surface area contributed by atoms with Crippen molar-refractivity contribution in [2.24, 2.45) is 5.14 Å². The lowest BCUT2D eigenvalue weighted by Gasteiger charge is -2.20. The van der Waals surface area contributed by atoms with Gasteiger partial charge in [0, 0.05) is 5.69 Å². The number of sulfonamides is 1. The average Bonchev–Trinajstić information content (AvgIpc) is 2.66. The Kier molecular flexibility index (Phi) is 7.62. The van der Waals surface area contributed by atoms with E-state index in [0.29, 0.717) is 11.1 Å². The van der Waals surface area contributed by atoms with E-state index in [1.165, 1.54) is 12.1 Å². The summed E-state index contributed by atoms with van der Waals surface area (Å²) in [6.07, 6.45) is 0. The summed E-state index contributed by atoms with van der Waals surface area (Å²) in [6, 6.07) is 8.56. The van der Waals surface area contributed by atoms with Gasteiger partial charge in [-0.25, -0.2) is 18.4 Å². The van der Waals surface area contributed by atoms with E-state index in [1.807, 2.05) is 45.9 Å². The van der Waals surface area contributed by atoms with Gasteiger partial charge in [-0.15, -0.1) is 0 Å². The number of esters is 1. The van der Waals surface area contributed by atoms with Crippen LogP contribution in [0.5, 0.6) is 0 Å². The molecule has 0 saturated heterocycles. The molecule has 1 amide bonds. The Bertz CT molecular complexity index is 1080. The fraction of sp³-hybridized carbons (Fsp3) is 0.391. The third-order valence-electron chi connectivity index (χ3n) is 5.13. The van der Waals surface area contributed by atoms with Crippen LogP contribution < -0.4 is 10.5 Å². The first kappa shape index (κ1) is 24.6. The molecule has 31 heavy (non-hydrogen) atoms. The zero-order chi connectivity index (χ0) is 23.5. The lowest BCUT2D eigenvalue weighted by molar-refractivity contribution is -0.119. The van der Waals surface area contributed by atoms with Crippen LogP contribution in [0.1, 0.15) is 72.1 Å². The minimum Gasteiger partial charge on any atom is -0.452 e. The van der Waals surface area contributed by atoms with Gasteiger partial charge in [0.25, 0.3) is 5.91 Å². The predicted octanol–water partition coefficient (Wildman–Crippen LogP) is 3.99. The van der Waals surface area contributed by atoms with Crippen molar-refractivity contribution in [1.82, 2.24) is 0 Å². The van der Waals surface area contributed by atoms with Crippen molar-refractivity contribution in [2.75, 3.05) is 11.9 Å². The average molecular weight is 447 g/mol. The van der Waals surface area contributed by atoms with E-state index in [-0.39, 0.29) is 22.3 Å². The van der Waals surface area contributed by atoms with Crippen LogP contribution in [0, 0.1) is 13.8 Å². The molecule has 8 heteroatoms. The summed E-state index contributed by atoms with van der Waals surface area (Å²) in [5.41, 5.74) is 3.79. The summed E-state index contributed by atoms with van der Waals surface area (Å²) < 4.78 is 28.7. The number of ether oxygens (including phenoxy) is 1. The molecule has 0 spiro atoms. The number of amides is 1. The molecule has 0 radical (unpaired) electrons. The number of primary sulfonamides is 1. The topological polar surface area (TPSA) is 116 Å². The van der Waals surface area contributed by atoms with Crippen molar-refractivity contribution in [3.05, 3.63) is 58.1 Å². The van der Waals surface area contributed by atoms with Crippen molar-refractivity contribution in [1.29, 1.82) is 0 Å². The highest BCUT2D eigenvalue weighted by atomic mass is 32.2. The van der Waals surface area contributed by atoms with Crippen molar-refractivity contribution in [2.45, 2.75) is 58.3 Å². The van der Waals surface area contributed by atoms with Crippen LogP contribution in [0.25, 0.3) is 0 Å². The zero-order valence-electron chi connectivity index (χ0n) is 18.8. The quantitative estimate of drug-likeness (QED) is 0.624. The minimum absolute atomic E-state index is 0.0189. The first-order chi connectivity index (χ1) is 14.3. The summed E-state index contributed by atoms with van der Waals surface area (Å²) in [7, 11) is -4.00. The molecule has 0 atom stereocenters.